The highest BCUT2D eigenvalue weighted by molar-refractivity contribution is 7.99. The van der Waals surface area contributed by atoms with Gasteiger partial charge in [0.15, 0.2) is 0 Å². The van der Waals surface area contributed by atoms with Gasteiger partial charge in [-0.1, -0.05) is 23.9 Å². The normalized spacial score (nSPS) is 13.1. The molecule has 1 aliphatic rings. The van der Waals surface area contributed by atoms with Crippen molar-refractivity contribution in [1.82, 2.24) is 9.55 Å². The molecule has 6 heteroatoms. The number of aromatic nitrogens is 2. The van der Waals surface area contributed by atoms with E-state index in [9.17, 15) is 9.59 Å². The van der Waals surface area contributed by atoms with Crippen molar-refractivity contribution in [2.75, 3.05) is 11.9 Å². The van der Waals surface area contributed by atoms with Crippen LogP contribution in [0.3, 0.4) is 0 Å². The minimum absolute atomic E-state index is 0.264. The molecule has 3 rings (SSSR count). The van der Waals surface area contributed by atoms with Gasteiger partial charge in [0.2, 0.25) is 0 Å². The molecular formula is C12H11N3O2S. The molecule has 1 aromatic carbocycles. The van der Waals surface area contributed by atoms with E-state index in [1.54, 1.807) is 0 Å². The minimum atomic E-state index is -0.398. The van der Waals surface area contributed by atoms with Crippen LogP contribution in [0.4, 0.5) is 11.5 Å². The third-order valence-corrected chi connectivity index (χ3v) is 4.16. The van der Waals surface area contributed by atoms with E-state index in [1.807, 2.05) is 36.2 Å². The number of rotatable bonds is 0. The number of H-pyrrole nitrogens is 1. The van der Waals surface area contributed by atoms with Gasteiger partial charge in [0.1, 0.15) is 10.7 Å². The highest BCUT2D eigenvalue weighted by atomic mass is 32.2. The van der Waals surface area contributed by atoms with E-state index in [4.69, 9.17) is 0 Å². The van der Waals surface area contributed by atoms with Crippen LogP contribution in [-0.2, 0) is 7.05 Å². The molecule has 0 saturated heterocycles. The van der Waals surface area contributed by atoms with Crippen LogP contribution in [0, 0.1) is 0 Å². The zero-order chi connectivity index (χ0) is 12.9. The Labute approximate surface area is 107 Å². The second-order valence-electron chi connectivity index (χ2n) is 4.10. The molecule has 0 aliphatic carbocycles. The molecule has 0 spiro atoms. The molecular weight excluding hydrogens is 250 g/mol. The molecule has 92 valence electrons. The maximum Gasteiger partial charge on any atom is 0.329 e. The maximum atomic E-state index is 12.1. The molecule has 2 heterocycles. The first-order valence-electron chi connectivity index (χ1n) is 5.43. The van der Waals surface area contributed by atoms with Gasteiger partial charge in [0, 0.05) is 19.0 Å². The van der Waals surface area contributed by atoms with Gasteiger partial charge in [0.05, 0.1) is 5.69 Å². The number of aromatic amines is 1. The molecule has 0 radical (unpaired) electrons. The summed E-state index contributed by atoms with van der Waals surface area (Å²) in [5, 5.41) is 0. The second-order valence-corrected chi connectivity index (χ2v) is 5.15. The number of hydrogen-bond acceptors (Lipinski definition) is 4. The molecule has 0 atom stereocenters. The van der Waals surface area contributed by atoms with Crippen LogP contribution in [0.2, 0.25) is 0 Å². The van der Waals surface area contributed by atoms with E-state index >= 15 is 0 Å². The molecule has 0 bridgehead atoms. The fraction of sp³-hybridized carbons (Fsp3) is 0.167. The minimum Gasteiger partial charge on any atom is -0.329 e. The van der Waals surface area contributed by atoms with E-state index in [2.05, 4.69) is 4.98 Å². The molecule has 0 unspecified atom stereocenters. The Kier molecular flexibility index (Phi) is 2.34. The smallest absolute Gasteiger partial charge is 0.329 e. The third kappa shape index (κ3) is 1.42. The zero-order valence-electron chi connectivity index (χ0n) is 9.93. The van der Waals surface area contributed by atoms with Crippen molar-refractivity contribution in [3.05, 3.63) is 45.1 Å². The number of hydrogen-bond donors (Lipinski definition) is 1. The lowest BCUT2D eigenvalue weighted by Gasteiger charge is -2.28. The van der Waals surface area contributed by atoms with Crippen LogP contribution in [-0.4, -0.2) is 16.6 Å². The van der Waals surface area contributed by atoms with E-state index in [-0.39, 0.29) is 5.56 Å². The Morgan fingerprint density at radius 3 is 2.67 bits per heavy atom. The summed E-state index contributed by atoms with van der Waals surface area (Å²) in [4.78, 5) is 29.9. The Morgan fingerprint density at radius 1 is 1.17 bits per heavy atom. The lowest BCUT2D eigenvalue weighted by Crippen LogP contribution is -2.36. The Morgan fingerprint density at radius 2 is 1.89 bits per heavy atom. The topological polar surface area (TPSA) is 58.1 Å². The van der Waals surface area contributed by atoms with E-state index in [0.29, 0.717) is 10.7 Å². The van der Waals surface area contributed by atoms with Crippen molar-refractivity contribution in [2.24, 2.45) is 7.05 Å². The Hall–Kier alpha value is -1.95. The summed E-state index contributed by atoms with van der Waals surface area (Å²) in [6.45, 7) is 0. The fourth-order valence-corrected chi connectivity index (χ4v) is 3.15. The van der Waals surface area contributed by atoms with Crippen LogP contribution in [0.5, 0.6) is 0 Å². The Bertz CT molecular complexity index is 748. The molecule has 1 aromatic heterocycles. The molecule has 2 aromatic rings. The summed E-state index contributed by atoms with van der Waals surface area (Å²) in [7, 11) is 3.31. The highest BCUT2D eigenvalue weighted by Gasteiger charge is 2.24. The van der Waals surface area contributed by atoms with Crippen molar-refractivity contribution in [3.8, 4) is 0 Å². The lowest BCUT2D eigenvalue weighted by atomic mass is 10.3. The summed E-state index contributed by atoms with van der Waals surface area (Å²) in [6, 6.07) is 7.78. The molecule has 18 heavy (non-hydrogen) atoms. The Balaban J connectivity index is 2.32. The highest BCUT2D eigenvalue weighted by Crippen LogP contribution is 2.43. The van der Waals surface area contributed by atoms with Gasteiger partial charge in [-0.05, 0) is 12.1 Å². The SMILES string of the molecule is CN1c2ccccc2Sc2c1[nH]c(=O)n(C)c2=O. The van der Waals surface area contributed by atoms with Crippen LogP contribution in [0.15, 0.2) is 43.6 Å². The summed E-state index contributed by atoms with van der Waals surface area (Å²) < 4.78 is 1.09. The van der Waals surface area contributed by atoms with E-state index in [1.165, 1.54) is 18.8 Å². The van der Waals surface area contributed by atoms with Crippen LogP contribution in [0.1, 0.15) is 0 Å². The molecule has 5 nitrogen and oxygen atoms in total. The monoisotopic (exact) mass is 261 g/mol. The number of anilines is 2. The van der Waals surface area contributed by atoms with Gasteiger partial charge in [-0.3, -0.25) is 14.3 Å². The van der Waals surface area contributed by atoms with Crippen molar-refractivity contribution < 1.29 is 0 Å². The first kappa shape index (κ1) is 11.2. The number of fused-ring (bicyclic) bond motifs is 2. The van der Waals surface area contributed by atoms with Crippen LogP contribution >= 0.6 is 11.8 Å². The van der Waals surface area contributed by atoms with E-state index < -0.39 is 5.69 Å². The largest absolute Gasteiger partial charge is 0.329 e. The summed E-state index contributed by atoms with van der Waals surface area (Å²) >= 11 is 1.39. The standard InChI is InChI=1S/C12H11N3O2S/c1-14-7-5-3-4-6-8(7)18-9-10(14)13-12(17)15(2)11(9)16/h3-6H,1-2H3,(H,13,17). The van der Waals surface area contributed by atoms with Gasteiger partial charge in [-0.2, -0.15) is 0 Å². The summed E-state index contributed by atoms with van der Waals surface area (Å²) in [5.74, 6) is 0.562. The molecule has 1 N–H and O–H groups in total. The van der Waals surface area contributed by atoms with Crippen molar-refractivity contribution >= 4 is 23.3 Å². The third-order valence-electron chi connectivity index (χ3n) is 3.02. The van der Waals surface area contributed by atoms with Crippen LogP contribution in [0.25, 0.3) is 0 Å². The average molecular weight is 261 g/mol. The van der Waals surface area contributed by atoms with E-state index in [0.717, 1.165) is 15.1 Å². The number of para-hydroxylation sites is 1. The summed E-state index contributed by atoms with van der Waals surface area (Å²) in [6.07, 6.45) is 0. The molecule has 0 amide bonds. The average Bonchev–Trinajstić information content (AvgIpc) is 2.38. The van der Waals surface area contributed by atoms with Gasteiger partial charge in [-0.15, -0.1) is 0 Å². The van der Waals surface area contributed by atoms with Gasteiger partial charge >= 0.3 is 5.69 Å². The molecule has 1 aliphatic heterocycles. The lowest BCUT2D eigenvalue weighted by molar-refractivity contribution is 0.743. The first-order valence-corrected chi connectivity index (χ1v) is 6.25. The zero-order valence-corrected chi connectivity index (χ0v) is 10.7. The van der Waals surface area contributed by atoms with Gasteiger partial charge < -0.3 is 4.90 Å². The molecule has 0 fully saturated rings. The predicted molar refractivity (Wildman–Crippen MR) is 70.9 cm³/mol. The quantitative estimate of drug-likeness (QED) is 0.776. The van der Waals surface area contributed by atoms with Gasteiger partial charge in [-0.25, -0.2) is 4.79 Å². The van der Waals surface area contributed by atoms with Crippen molar-refractivity contribution in [2.45, 2.75) is 9.79 Å². The number of nitrogens with zero attached hydrogens (tertiary/aromatic N) is 2. The molecule has 0 saturated carbocycles. The van der Waals surface area contributed by atoms with Crippen LogP contribution < -0.4 is 16.1 Å². The fourth-order valence-electron chi connectivity index (χ4n) is 1.97. The predicted octanol–water partition coefficient (Wildman–Crippen LogP) is 1.31. The summed E-state index contributed by atoms with van der Waals surface area (Å²) in [5.41, 5.74) is 0.324. The number of benzene rings is 1. The number of nitrogens with one attached hydrogen (secondary N) is 1. The second kappa shape index (κ2) is 3.78. The first-order chi connectivity index (χ1) is 8.59. The maximum absolute atomic E-state index is 12.1. The van der Waals surface area contributed by atoms with Crippen molar-refractivity contribution in [3.63, 3.8) is 0 Å². The van der Waals surface area contributed by atoms with Crippen molar-refractivity contribution in [1.29, 1.82) is 0 Å². The van der Waals surface area contributed by atoms with Gasteiger partial charge in [0.25, 0.3) is 5.56 Å².